The first-order valence-electron chi connectivity index (χ1n) is 12.6. The van der Waals surface area contributed by atoms with Crippen molar-refractivity contribution in [3.63, 3.8) is 0 Å². The number of fused-ring (bicyclic) bond motifs is 1. The molecule has 9 nitrogen and oxygen atoms in total. The molecule has 1 N–H and O–H groups in total. The first kappa shape index (κ1) is 23.4. The second kappa shape index (κ2) is 9.44. The first-order valence-corrected chi connectivity index (χ1v) is 13.0. The Hall–Kier alpha value is -3.04. The van der Waals surface area contributed by atoms with Crippen LogP contribution in [0, 0.1) is 0 Å². The van der Waals surface area contributed by atoms with Gasteiger partial charge in [-0.15, -0.1) is 0 Å². The van der Waals surface area contributed by atoms with Crippen LogP contribution in [-0.4, -0.2) is 68.8 Å². The van der Waals surface area contributed by atoms with Crippen LogP contribution >= 0.6 is 11.6 Å². The van der Waals surface area contributed by atoms with Gasteiger partial charge in [-0.25, -0.2) is 9.97 Å². The molecule has 188 valence electrons. The van der Waals surface area contributed by atoms with Crippen LogP contribution in [0.25, 0.3) is 0 Å². The highest BCUT2D eigenvalue weighted by Gasteiger charge is 2.41. The molecule has 0 radical (unpaired) electrons. The standard InChI is InChI=1S/C26H28ClN5O4/c27-17-10-28-24(29-11-17)16-12-31(13-16)20-3-1-2-4-22(20)36-18-5-6-19-15(9-18)14-32(26(19)35)21-7-8-23(33)30-25(21)34/h5-6,9-11,16,20-22H,1-4,7-8,12-14H2,(H,30,33,34)/t20-,21?,22+/m0/s1. The predicted molar refractivity (Wildman–Crippen MR) is 131 cm³/mol. The van der Waals surface area contributed by atoms with Gasteiger partial charge in [-0.05, 0) is 49.4 Å². The summed E-state index contributed by atoms with van der Waals surface area (Å²) in [4.78, 5) is 49.6. The number of ether oxygens (including phenoxy) is 1. The van der Waals surface area contributed by atoms with Crippen LogP contribution in [-0.2, 0) is 16.1 Å². The summed E-state index contributed by atoms with van der Waals surface area (Å²) < 4.78 is 6.51. The molecule has 1 aliphatic carbocycles. The number of imide groups is 1. The number of likely N-dealkylation sites (tertiary alicyclic amines) is 1. The van der Waals surface area contributed by atoms with Crippen molar-refractivity contribution in [1.29, 1.82) is 0 Å². The second-order valence-electron chi connectivity index (χ2n) is 10.1. The highest BCUT2D eigenvalue weighted by molar-refractivity contribution is 6.30. The number of carbonyl (C=O) groups is 3. The van der Waals surface area contributed by atoms with Crippen LogP contribution in [0.3, 0.4) is 0 Å². The van der Waals surface area contributed by atoms with E-state index in [0.29, 0.717) is 35.5 Å². The van der Waals surface area contributed by atoms with Crippen molar-refractivity contribution >= 4 is 29.3 Å². The van der Waals surface area contributed by atoms with Gasteiger partial charge in [0.15, 0.2) is 0 Å². The van der Waals surface area contributed by atoms with E-state index in [1.807, 2.05) is 12.1 Å². The summed E-state index contributed by atoms with van der Waals surface area (Å²) >= 11 is 5.92. The zero-order valence-corrected chi connectivity index (χ0v) is 20.6. The number of hydrogen-bond acceptors (Lipinski definition) is 7. The fourth-order valence-electron chi connectivity index (χ4n) is 5.91. The number of nitrogens with zero attached hydrogens (tertiary/aromatic N) is 4. The van der Waals surface area contributed by atoms with Crippen molar-refractivity contribution in [2.24, 2.45) is 0 Å². The topological polar surface area (TPSA) is 105 Å². The minimum Gasteiger partial charge on any atom is -0.489 e. The average Bonchev–Trinajstić information content (AvgIpc) is 3.16. The molecule has 3 atom stereocenters. The minimum absolute atomic E-state index is 0.0761. The monoisotopic (exact) mass is 509 g/mol. The third-order valence-electron chi connectivity index (χ3n) is 7.83. The maximum Gasteiger partial charge on any atom is 0.255 e. The molecule has 36 heavy (non-hydrogen) atoms. The van der Waals surface area contributed by atoms with Gasteiger partial charge in [0, 0.05) is 56.0 Å². The van der Waals surface area contributed by atoms with E-state index in [-0.39, 0.29) is 24.3 Å². The van der Waals surface area contributed by atoms with E-state index in [1.165, 1.54) is 6.42 Å². The predicted octanol–water partition coefficient (Wildman–Crippen LogP) is 2.68. The zero-order valence-electron chi connectivity index (χ0n) is 19.9. The van der Waals surface area contributed by atoms with Gasteiger partial charge in [0.25, 0.3) is 5.91 Å². The number of nitrogens with one attached hydrogen (secondary N) is 1. The van der Waals surface area contributed by atoms with Crippen molar-refractivity contribution in [2.45, 2.75) is 69.2 Å². The molecule has 0 bridgehead atoms. The van der Waals surface area contributed by atoms with Crippen molar-refractivity contribution in [3.05, 3.63) is 52.6 Å². The van der Waals surface area contributed by atoms with Crippen LogP contribution in [0.4, 0.5) is 0 Å². The van der Waals surface area contributed by atoms with E-state index in [2.05, 4.69) is 20.2 Å². The third-order valence-corrected chi connectivity index (χ3v) is 8.03. The molecule has 1 unspecified atom stereocenters. The quantitative estimate of drug-likeness (QED) is 0.618. The van der Waals surface area contributed by atoms with E-state index < -0.39 is 11.9 Å². The molecule has 2 saturated heterocycles. The molecule has 3 amide bonds. The minimum atomic E-state index is -0.612. The number of hydrogen-bond donors (Lipinski definition) is 1. The lowest BCUT2D eigenvalue weighted by Gasteiger charge is -2.47. The van der Waals surface area contributed by atoms with E-state index in [9.17, 15) is 14.4 Å². The van der Waals surface area contributed by atoms with Crippen molar-refractivity contribution in [3.8, 4) is 5.75 Å². The molecule has 1 aromatic carbocycles. The summed E-state index contributed by atoms with van der Waals surface area (Å²) in [6.07, 6.45) is 8.37. The number of amides is 3. The fraction of sp³-hybridized carbons (Fsp3) is 0.500. The Morgan fingerprint density at radius 3 is 2.58 bits per heavy atom. The Balaban J connectivity index is 1.11. The van der Waals surface area contributed by atoms with Gasteiger partial charge in [0.1, 0.15) is 23.7 Å². The van der Waals surface area contributed by atoms with Gasteiger partial charge >= 0.3 is 0 Å². The summed E-state index contributed by atoms with van der Waals surface area (Å²) in [5.74, 6) is 1.05. The zero-order chi connectivity index (χ0) is 24.8. The van der Waals surface area contributed by atoms with Crippen LogP contribution in [0.15, 0.2) is 30.6 Å². The summed E-state index contributed by atoms with van der Waals surface area (Å²) in [5, 5.41) is 2.89. The summed E-state index contributed by atoms with van der Waals surface area (Å²) in [5.41, 5.74) is 1.46. The molecule has 1 aromatic heterocycles. The van der Waals surface area contributed by atoms with Gasteiger partial charge in [-0.2, -0.15) is 0 Å². The molecular weight excluding hydrogens is 482 g/mol. The van der Waals surface area contributed by atoms with E-state index in [0.717, 1.165) is 49.5 Å². The van der Waals surface area contributed by atoms with Crippen LogP contribution in [0.5, 0.6) is 5.75 Å². The fourth-order valence-corrected chi connectivity index (χ4v) is 6.01. The normalized spacial score (nSPS) is 27.0. The Labute approximate surface area is 214 Å². The second-order valence-corrected chi connectivity index (χ2v) is 10.6. The van der Waals surface area contributed by atoms with Gasteiger partial charge in [-0.1, -0.05) is 18.0 Å². The highest BCUT2D eigenvalue weighted by Crippen LogP contribution is 2.36. The maximum atomic E-state index is 13.0. The van der Waals surface area contributed by atoms with Gasteiger partial charge in [0.2, 0.25) is 11.8 Å². The van der Waals surface area contributed by atoms with Crippen LogP contribution < -0.4 is 10.1 Å². The lowest BCUT2D eigenvalue weighted by molar-refractivity contribution is -0.136. The largest absolute Gasteiger partial charge is 0.489 e. The Morgan fingerprint density at radius 1 is 1.03 bits per heavy atom. The summed E-state index contributed by atoms with van der Waals surface area (Å²) in [6.45, 7) is 2.16. The van der Waals surface area contributed by atoms with Crippen molar-refractivity contribution in [1.82, 2.24) is 25.1 Å². The number of benzene rings is 1. The van der Waals surface area contributed by atoms with Crippen LogP contribution in [0.2, 0.25) is 5.02 Å². The SMILES string of the molecule is O=C1CCC(N2Cc3cc(O[C@@H]4CCCC[C@@H]4N4CC(c5ncc(Cl)cn5)C4)ccc3C2=O)C(=O)N1. The van der Waals surface area contributed by atoms with Gasteiger partial charge in [0.05, 0.1) is 5.02 Å². The first-order chi connectivity index (χ1) is 17.5. The third kappa shape index (κ3) is 4.35. The average molecular weight is 510 g/mol. The smallest absolute Gasteiger partial charge is 0.255 e. The molecule has 6 rings (SSSR count). The molecule has 2 aromatic rings. The van der Waals surface area contributed by atoms with E-state index in [4.69, 9.17) is 16.3 Å². The number of piperidine rings is 1. The van der Waals surface area contributed by atoms with Gasteiger partial charge < -0.3 is 9.64 Å². The molecule has 3 fully saturated rings. The van der Waals surface area contributed by atoms with E-state index in [1.54, 1.807) is 23.4 Å². The summed E-state index contributed by atoms with van der Waals surface area (Å²) in [6, 6.07) is 5.31. The molecule has 1 saturated carbocycles. The molecular formula is C26H28ClN5O4. The Bertz CT molecular complexity index is 1200. The molecule has 4 heterocycles. The summed E-state index contributed by atoms with van der Waals surface area (Å²) in [7, 11) is 0. The number of rotatable bonds is 5. The van der Waals surface area contributed by atoms with Crippen molar-refractivity contribution in [2.75, 3.05) is 13.1 Å². The number of carbonyl (C=O) groups excluding carboxylic acids is 3. The lowest BCUT2D eigenvalue weighted by Crippen LogP contribution is -2.57. The van der Waals surface area contributed by atoms with Gasteiger partial charge in [-0.3, -0.25) is 24.6 Å². The van der Waals surface area contributed by atoms with Crippen molar-refractivity contribution < 1.29 is 19.1 Å². The molecule has 10 heteroatoms. The Morgan fingerprint density at radius 2 is 1.81 bits per heavy atom. The number of halogens is 1. The number of aromatic nitrogens is 2. The van der Waals surface area contributed by atoms with Crippen LogP contribution in [0.1, 0.15) is 66.2 Å². The molecule has 3 aliphatic heterocycles. The lowest BCUT2D eigenvalue weighted by atomic mass is 9.86. The highest BCUT2D eigenvalue weighted by atomic mass is 35.5. The molecule has 4 aliphatic rings. The molecule has 0 spiro atoms. The van der Waals surface area contributed by atoms with E-state index >= 15 is 0 Å². The maximum absolute atomic E-state index is 13.0. The Kier molecular flexibility index (Phi) is 6.13.